The van der Waals surface area contributed by atoms with Crippen molar-refractivity contribution in [2.45, 2.75) is 74.1 Å². The van der Waals surface area contributed by atoms with E-state index in [2.05, 4.69) is 27.7 Å². The van der Waals surface area contributed by atoms with E-state index in [1.165, 1.54) is 11.1 Å². The summed E-state index contributed by atoms with van der Waals surface area (Å²) in [7, 11) is 0. The molecule has 0 amide bonds. The van der Waals surface area contributed by atoms with Gasteiger partial charge in [0.25, 0.3) is 0 Å². The van der Waals surface area contributed by atoms with E-state index < -0.39 is 18.6 Å². The predicted octanol–water partition coefficient (Wildman–Crippen LogP) is 5.19. The summed E-state index contributed by atoms with van der Waals surface area (Å²) in [5.74, 6) is -0.518. The Morgan fingerprint density at radius 2 is 1.33 bits per heavy atom. The van der Waals surface area contributed by atoms with Crippen molar-refractivity contribution < 1.29 is 34.9 Å². The summed E-state index contributed by atoms with van der Waals surface area (Å²) in [5, 5.41) is 0. The maximum Gasteiger partial charge on any atom is -0.147 e. The van der Waals surface area contributed by atoms with Gasteiger partial charge in [0.1, 0.15) is 0 Å². The molecule has 4 nitrogen and oxygen atoms in total. The summed E-state index contributed by atoms with van der Waals surface area (Å²) in [6.07, 6.45) is 2.18. The number of allylic oxidation sites excluding steroid dienone is 4. The Bertz CT molecular complexity index is 529. The molecule has 0 atom stereocenters. The van der Waals surface area contributed by atoms with Gasteiger partial charge in [-0.1, -0.05) is 0 Å². The molecule has 1 aliphatic rings. The van der Waals surface area contributed by atoms with Crippen LogP contribution in [0.1, 0.15) is 74.1 Å². The summed E-state index contributed by atoms with van der Waals surface area (Å²) < 4.78 is 12.4. The Balaban J connectivity index is 0.00000529. The van der Waals surface area contributed by atoms with Crippen LogP contribution in [0.2, 0.25) is 0 Å². The number of hydrogen-bond donors (Lipinski definition) is 0. The van der Waals surface area contributed by atoms with Crippen molar-refractivity contribution in [2.75, 3.05) is 0 Å². The predicted molar refractivity (Wildman–Crippen MR) is 94.1 cm³/mol. The van der Waals surface area contributed by atoms with Gasteiger partial charge in [-0.3, -0.25) is 0 Å². The standard InChI is InChI=1S/C10H15.2C4H8O2.ClH.Ti/c1-7-6-10(4,5)9(3)8(7)2;2*1-2-3-4(5)6;;/h1-5H3;2*2-3H2,1H3,(H,5,6);1H;/q;;;;+2/p-2. The van der Waals surface area contributed by atoms with E-state index >= 15 is 0 Å². The van der Waals surface area contributed by atoms with Crippen molar-refractivity contribution >= 4 is 24.3 Å². The van der Waals surface area contributed by atoms with E-state index in [1.807, 2.05) is 20.8 Å². The second-order valence-electron chi connectivity index (χ2n) is 6.61. The summed E-state index contributed by atoms with van der Waals surface area (Å²) in [6, 6.07) is 0. The van der Waals surface area contributed by atoms with Crippen LogP contribution in [0.5, 0.6) is 0 Å². The molecule has 0 N–H and O–H groups in total. The van der Waals surface area contributed by atoms with Gasteiger partial charge in [-0.2, -0.15) is 0 Å². The molecule has 0 aromatic heterocycles. The Morgan fingerprint density at radius 3 is 1.62 bits per heavy atom. The van der Waals surface area contributed by atoms with Crippen LogP contribution in [-0.2, 0) is 34.9 Å². The van der Waals surface area contributed by atoms with Gasteiger partial charge in [0.05, 0.1) is 0 Å². The quantitative estimate of drug-likeness (QED) is 0.558. The normalized spacial score (nSPS) is 16.0. The van der Waals surface area contributed by atoms with Gasteiger partial charge in [-0.15, -0.1) is 12.4 Å². The Kier molecular flexibility index (Phi) is 9.56. The van der Waals surface area contributed by atoms with Crippen LogP contribution >= 0.6 is 12.4 Å². The molecule has 1 rings (SSSR count). The minimum Gasteiger partial charge on any atom is -0.147 e. The average Bonchev–Trinajstić information content (AvgIpc) is 2.59. The van der Waals surface area contributed by atoms with Gasteiger partial charge in [0.2, 0.25) is 0 Å². The summed E-state index contributed by atoms with van der Waals surface area (Å²) >= 11 is -2.92. The van der Waals surface area contributed by atoms with E-state index in [0.717, 1.165) is 22.3 Å². The third-order valence-corrected chi connectivity index (χ3v) is 8.08. The first kappa shape index (κ1) is 23.4. The van der Waals surface area contributed by atoms with Crippen molar-refractivity contribution in [1.82, 2.24) is 0 Å². The van der Waals surface area contributed by atoms with E-state index in [-0.39, 0.29) is 29.8 Å². The molecule has 0 bridgehead atoms. The number of halogens is 1. The Hall–Kier alpha value is -0.576. The van der Waals surface area contributed by atoms with Crippen LogP contribution in [0.3, 0.4) is 0 Å². The molecular formula is C18H30ClO4Ti. The first-order valence-corrected chi connectivity index (χ1v) is 10.4. The van der Waals surface area contributed by atoms with E-state index in [1.54, 1.807) is 0 Å². The zero-order valence-electron chi connectivity index (χ0n) is 15.9. The molecule has 0 aromatic rings. The van der Waals surface area contributed by atoms with E-state index in [4.69, 9.17) is 6.64 Å². The third-order valence-electron chi connectivity index (χ3n) is 4.59. The van der Waals surface area contributed by atoms with Crippen LogP contribution in [0.15, 0.2) is 20.6 Å². The minimum absolute atomic E-state index is 0. The molecule has 137 valence electrons. The van der Waals surface area contributed by atoms with Crippen molar-refractivity contribution in [3.05, 3.63) is 20.6 Å². The third kappa shape index (κ3) is 5.21. The Morgan fingerprint density at radius 1 is 0.917 bits per heavy atom. The molecule has 0 unspecified atom stereocenters. The summed E-state index contributed by atoms with van der Waals surface area (Å²) in [6.45, 7) is 14.3. The monoisotopic (exact) mass is 393 g/mol. The fraction of sp³-hybridized carbons (Fsp3) is 0.667. The summed E-state index contributed by atoms with van der Waals surface area (Å²) in [5.41, 5.74) is 3.37. The maximum absolute atomic E-state index is 12.0. The van der Waals surface area contributed by atoms with Crippen LogP contribution in [0.4, 0.5) is 0 Å². The second-order valence-corrected chi connectivity index (χ2v) is 8.93. The largest absolute Gasteiger partial charge is 0.147 e. The molecule has 0 saturated heterocycles. The van der Waals surface area contributed by atoms with Crippen LogP contribution in [0.25, 0.3) is 0 Å². The molecule has 0 heterocycles. The van der Waals surface area contributed by atoms with Crippen molar-refractivity contribution in [2.24, 2.45) is 5.41 Å². The molecule has 0 fully saturated rings. The molecule has 24 heavy (non-hydrogen) atoms. The van der Waals surface area contributed by atoms with Gasteiger partial charge in [0.15, 0.2) is 0 Å². The average molecular weight is 394 g/mol. The molecule has 0 saturated carbocycles. The van der Waals surface area contributed by atoms with Gasteiger partial charge >= 0.3 is 147 Å². The van der Waals surface area contributed by atoms with Gasteiger partial charge in [-0.25, -0.2) is 0 Å². The molecule has 0 radical (unpaired) electrons. The molecule has 0 aliphatic heterocycles. The molecular weight excluding hydrogens is 364 g/mol. The van der Waals surface area contributed by atoms with E-state index in [0.29, 0.717) is 12.8 Å². The fourth-order valence-electron chi connectivity index (χ4n) is 2.84. The van der Waals surface area contributed by atoms with Crippen molar-refractivity contribution in [1.29, 1.82) is 0 Å². The second kappa shape index (κ2) is 9.79. The van der Waals surface area contributed by atoms with Crippen molar-refractivity contribution in [3.63, 3.8) is 0 Å². The van der Waals surface area contributed by atoms with E-state index in [9.17, 15) is 9.59 Å². The maximum atomic E-state index is 12.0. The van der Waals surface area contributed by atoms with Gasteiger partial charge in [-0.05, 0) is 0 Å². The van der Waals surface area contributed by atoms with Gasteiger partial charge in [0, 0.05) is 0 Å². The van der Waals surface area contributed by atoms with Crippen LogP contribution in [0, 0.1) is 5.41 Å². The number of carbonyl (C=O) groups excluding carboxylic acids is 2. The first-order chi connectivity index (χ1) is 10.7. The first-order valence-electron chi connectivity index (χ1n) is 8.35. The molecule has 6 heteroatoms. The smallest absolute Gasteiger partial charge is 0.147 e. The number of hydrogen-bond acceptors (Lipinski definition) is 4. The minimum atomic E-state index is -2.92. The summed E-state index contributed by atoms with van der Waals surface area (Å²) in [4.78, 5) is 24.0. The van der Waals surface area contributed by atoms with Crippen molar-refractivity contribution in [3.8, 4) is 0 Å². The number of carbonyl (C=O) groups is 2. The van der Waals surface area contributed by atoms with Crippen LogP contribution in [-0.4, -0.2) is 11.9 Å². The molecule has 0 spiro atoms. The van der Waals surface area contributed by atoms with Gasteiger partial charge < -0.3 is 0 Å². The zero-order chi connectivity index (χ0) is 17.8. The molecule has 1 aliphatic carbocycles. The SMILES string of the molecule is CCCC(=O)[O][Ti]([O]C(=O)CCC)[C]1=C(C)C(C)=C(C)C1(C)C.Cl. The fourth-order valence-corrected chi connectivity index (χ4v) is 6.05. The zero-order valence-corrected chi connectivity index (χ0v) is 18.2. The Labute approximate surface area is 159 Å². The topological polar surface area (TPSA) is 52.6 Å². The number of rotatable bonds is 7. The molecule has 0 aromatic carbocycles. The van der Waals surface area contributed by atoms with Crippen LogP contribution < -0.4 is 0 Å².